The summed E-state index contributed by atoms with van der Waals surface area (Å²) in [6.45, 7) is 4.01. The second-order valence-corrected chi connectivity index (χ2v) is 7.12. The molecule has 0 spiro atoms. The Hall–Kier alpha value is -1.72. The standard InChI is InChI=1S/C15H17ClN2O2S/c1-10(2)12-5-3-4-6-14(12)18-21(19,20)15-8-7-11(16)9-13(15)17/h3-10,18H,17H2,1-2H3. The minimum Gasteiger partial charge on any atom is -0.398 e. The molecule has 0 bridgehead atoms. The minimum absolute atomic E-state index is 0.0189. The first-order chi connectivity index (χ1) is 9.81. The van der Waals surface area contributed by atoms with Crippen LogP contribution < -0.4 is 10.5 Å². The van der Waals surface area contributed by atoms with Crippen molar-refractivity contribution in [3.05, 3.63) is 53.1 Å². The number of hydrogen-bond acceptors (Lipinski definition) is 3. The van der Waals surface area contributed by atoms with E-state index in [1.807, 2.05) is 26.0 Å². The highest BCUT2D eigenvalue weighted by molar-refractivity contribution is 7.92. The van der Waals surface area contributed by atoms with Crippen LogP contribution in [0.5, 0.6) is 0 Å². The van der Waals surface area contributed by atoms with Gasteiger partial charge in [-0.2, -0.15) is 0 Å². The zero-order chi connectivity index (χ0) is 15.6. The monoisotopic (exact) mass is 324 g/mol. The van der Waals surface area contributed by atoms with Gasteiger partial charge in [0.25, 0.3) is 10.0 Å². The van der Waals surface area contributed by atoms with E-state index in [0.29, 0.717) is 10.7 Å². The summed E-state index contributed by atoms with van der Waals surface area (Å²) < 4.78 is 27.5. The number of nitrogens with one attached hydrogen (secondary N) is 1. The highest BCUT2D eigenvalue weighted by atomic mass is 35.5. The van der Waals surface area contributed by atoms with Crippen LogP contribution in [0.15, 0.2) is 47.4 Å². The van der Waals surface area contributed by atoms with E-state index < -0.39 is 10.0 Å². The number of nitrogens with two attached hydrogens (primary N) is 1. The van der Waals surface area contributed by atoms with Crippen LogP contribution in [0.4, 0.5) is 11.4 Å². The molecule has 21 heavy (non-hydrogen) atoms. The molecule has 0 atom stereocenters. The number of benzene rings is 2. The molecule has 2 rings (SSSR count). The first-order valence-electron chi connectivity index (χ1n) is 6.48. The third-order valence-corrected chi connectivity index (χ3v) is 4.76. The molecular weight excluding hydrogens is 308 g/mol. The Balaban J connectivity index is 2.43. The van der Waals surface area contributed by atoms with E-state index in [1.54, 1.807) is 12.1 Å². The molecule has 0 amide bonds. The SMILES string of the molecule is CC(C)c1ccccc1NS(=O)(=O)c1ccc(Cl)cc1N. The van der Waals surface area contributed by atoms with Crippen LogP contribution in [0.25, 0.3) is 0 Å². The number of nitrogen functional groups attached to an aromatic ring is 1. The van der Waals surface area contributed by atoms with Crippen molar-refractivity contribution in [2.75, 3.05) is 10.5 Å². The van der Waals surface area contributed by atoms with Gasteiger partial charge in [-0.25, -0.2) is 8.42 Å². The van der Waals surface area contributed by atoms with E-state index >= 15 is 0 Å². The second-order valence-electron chi connectivity index (χ2n) is 5.03. The fraction of sp³-hybridized carbons (Fsp3) is 0.200. The number of rotatable bonds is 4. The summed E-state index contributed by atoms with van der Waals surface area (Å²) in [7, 11) is -3.75. The van der Waals surface area contributed by atoms with Crippen LogP contribution in [0, 0.1) is 0 Å². The van der Waals surface area contributed by atoms with Crippen molar-refractivity contribution >= 4 is 33.0 Å². The molecule has 0 saturated carbocycles. The quantitative estimate of drug-likeness (QED) is 0.839. The molecule has 0 heterocycles. The maximum atomic E-state index is 12.5. The topological polar surface area (TPSA) is 72.2 Å². The summed E-state index contributed by atoms with van der Waals surface area (Å²) in [5.41, 5.74) is 7.36. The average Bonchev–Trinajstić information content (AvgIpc) is 2.37. The summed E-state index contributed by atoms with van der Waals surface area (Å²) in [6.07, 6.45) is 0. The number of halogens is 1. The van der Waals surface area contributed by atoms with Gasteiger partial charge in [0.15, 0.2) is 0 Å². The Bertz CT molecular complexity index is 758. The van der Waals surface area contributed by atoms with Gasteiger partial charge in [-0.1, -0.05) is 43.6 Å². The first kappa shape index (κ1) is 15.7. The molecule has 0 aliphatic carbocycles. The summed E-state index contributed by atoms with van der Waals surface area (Å²) in [5.74, 6) is 0.200. The van der Waals surface area contributed by atoms with Gasteiger partial charge in [0, 0.05) is 5.02 Å². The van der Waals surface area contributed by atoms with Crippen molar-refractivity contribution in [3.8, 4) is 0 Å². The Labute approximate surface area is 130 Å². The fourth-order valence-electron chi connectivity index (χ4n) is 2.06. The zero-order valence-corrected chi connectivity index (χ0v) is 13.4. The van der Waals surface area contributed by atoms with Crippen LogP contribution in [0.2, 0.25) is 5.02 Å². The van der Waals surface area contributed by atoms with Gasteiger partial charge in [0.2, 0.25) is 0 Å². The molecule has 0 radical (unpaired) electrons. The Morgan fingerprint density at radius 2 is 1.81 bits per heavy atom. The van der Waals surface area contributed by atoms with E-state index in [-0.39, 0.29) is 16.5 Å². The summed E-state index contributed by atoms with van der Waals surface area (Å²) >= 11 is 5.80. The zero-order valence-electron chi connectivity index (χ0n) is 11.8. The number of sulfonamides is 1. The van der Waals surface area contributed by atoms with Gasteiger partial charge in [0.1, 0.15) is 4.90 Å². The molecule has 0 unspecified atom stereocenters. The minimum atomic E-state index is -3.75. The molecule has 0 aliphatic rings. The molecule has 0 fully saturated rings. The van der Waals surface area contributed by atoms with Crippen LogP contribution >= 0.6 is 11.6 Å². The van der Waals surface area contributed by atoms with Crippen molar-refractivity contribution in [2.45, 2.75) is 24.7 Å². The van der Waals surface area contributed by atoms with Crippen molar-refractivity contribution in [2.24, 2.45) is 0 Å². The van der Waals surface area contributed by atoms with Crippen molar-refractivity contribution in [3.63, 3.8) is 0 Å². The summed E-state index contributed by atoms with van der Waals surface area (Å²) in [4.78, 5) is 0.0189. The third-order valence-electron chi connectivity index (χ3n) is 3.09. The normalized spacial score (nSPS) is 11.6. The molecule has 112 valence electrons. The molecule has 6 heteroatoms. The van der Waals surface area contributed by atoms with Crippen molar-refractivity contribution < 1.29 is 8.42 Å². The first-order valence-corrected chi connectivity index (χ1v) is 8.34. The van der Waals surface area contributed by atoms with Crippen molar-refractivity contribution in [1.29, 1.82) is 0 Å². The molecule has 0 saturated heterocycles. The van der Waals surface area contributed by atoms with Crippen molar-refractivity contribution in [1.82, 2.24) is 0 Å². The van der Waals surface area contributed by atoms with Gasteiger partial charge < -0.3 is 5.73 Å². The highest BCUT2D eigenvalue weighted by Gasteiger charge is 2.19. The predicted octanol–water partition coefficient (Wildman–Crippen LogP) is 3.85. The average molecular weight is 325 g/mol. The van der Waals surface area contributed by atoms with Gasteiger partial charge >= 0.3 is 0 Å². The Morgan fingerprint density at radius 3 is 2.43 bits per heavy atom. The van der Waals surface area contributed by atoms with Crippen LogP contribution in [-0.2, 0) is 10.0 Å². The maximum absolute atomic E-state index is 12.5. The van der Waals surface area contributed by atoms with Gasteiger partial charge in [-0.05, 0) is 35.7 Å². The lowest BCUT2D eigenvalue weighted by Gasteiger charge is -2.15. The van der Waals surface area contributed by atoms with E-state index in [4.69, 9.17) is 17.3 Å². The van der Waals surface area contributed by atoms with Gasteiger partial charge in [-0.15, -0.1) is 0 Å². The second kappa shape index (κ2) is 5.95. The Kier molecular flexibility index (Phi) is 4.44. The maximum Gasteiger partial charge on any atom is 0.263 e. The smallest absolute Gasteiger partial charge is 0.263 e. The summed E-state index contributed by atoms with van der Waals surface area (Å²) in [6, 6.07) is 11.6. The molecular formula is C15H17ClN2O2S. The van der Waals surface area contributed by atoms with Crippen LogP contribution in [-0.4, -0.2) is 8.42 Å². The Morgan fingerprint density at radius 1 is 1.14 bits per heavy atom. The van der Waals surface area contributed by atoms with E-state index in [2.05, 4.69) is 4.72 Å². The van der Waals surface area contributed by atoms with E-state index in [1.165, 1.54) is 18.2 Å². The molecule has 2 aromatic carbocycles. The van der Waals surface area contributed by atoms with Gasteiger partial charge in [0.05, 0.1) is 11.4 Å². The number of hydrogen-bond donors (Lipinski definition) is 2. The van der Waals surface area contributed by atoms with Crippen LogP contribution in [0.1, 0.15) is 25.3 Å². The lowest BCUT2D eigenvalue weighted by molar-refractivity contribution is 0.601. The molecule has 4 nitrogen and oxygen atoms in total. The summed E-state index contributed by atoms with van der Waals surface area (Å²) in [5, 5.41) is 0.397. The lowest BCUT2D eigenvalue weighted by Crippen LogP contribution is -2.16. The van der Waals surface area contributed by atoms with E-state index in [0.717, 1.165) is 5.56 Å². The van der Waals surface area contributed by atoms with E-state index in [9.17, 15) is 8.42 Å². The predicted molar refractivity (Wildman–Crippen MR) is 87.2 cm³/mol. The van der Waals surface area contributed by atoms with Gasteiger partial charge in [-0.3, -0.25) is 4.72 Å². The van der Waals surface area contributed by atoms with Crippen LogP contribution in [0.3, 0.4) is 0 Å². The molecule has 0 aromatic heterocycles. The largest absolute Gasteiger partial charge is 0.398 e. The number of para-hydroxylation sites is 1. The lowest BCUT2D eigenvalue weighted by atomic mass is 10.0. The number of anilines is 2. The molecule has 2 aromatic rings. The fourth-order valence-corrected chi connectivity index (χ4v) is 3.44. The highest BCUT2D eigenvalue weighted by Crippen LogP contribution is 2.28. The molecule has 3 N–H and O–H groups in total. The molecule has 0 aliphatic heterocycles. The third kappa shape index (κ3) is 3.49.